The highest BCUT2D eigenvalue weighted by atomic mass is 32.2. The molecule has 7 heteroatoms. The zero-order chi connectivity index (χ0) is 25.1. The molecule has 3 unspecified atom stereocenters. The molecule has 3 atom stereocenters. The number of nitrogens with zero attached hydrogens (tertiary/aromatic N) is 3. The number of rotatable bonds is 5. The van der Waals surface area contributed by atoms with Crippen molar-refractivity contribution >= 4 is 29.1 Å². The van der Waals surface area contributed by atoms with Crippen LogP contribution < -0.4 is 5.73 Å². The first-order chi connectivity index (χ1) is 17.5. The number of aliphatic imine (C=N–C) groups is 1. The largest absolute Gasteiger partial charge is 0.404 e. The molecule has 0 spiro atoms. The summed E-state index contributed by atoms with van der Waals surface area (Å²) in [6, 6.07) is 11.6. The first-order valence-electron chi connectivity index (χ1n) is 12.5. The Balaban J connectivity index is 1.51. The molecule has 1 aliphatic heterocycles. The first kappa shape index (κ1) is 24.7. The van der Waals surface area contributed by atoms with Gasteiger partial charge in [0.1, 0.15) is 11.5 Å². The third kappa shape index (κ3) is 5.08. The predicted octanol–water partition coefficient (Wildman–Crippen LogP) is 6.04. The molecule has 0 saturated carbocycles. The fourth-order valence-corrected chi connectivity index (χ4v) is 6.54. The van der Waals surface area contributed by atoms with Gasteiger partial charge in [0, 0.05) is 24.5 Å². The number of halogens is 1. The zero-order valence-electron chi connectivity index (χ0n) is 20.4. The van der Waals surface area contributed by atoms with E-state index in [1.54, 1.807) is 30.6 Å². The average molecular weight is 503 g/mol. The number of allylic oxidation sites excluding steroid dienone is 3. The summed E-state index contributed by atoms with van der Waals surface area (Å²) in [5.74, 6) is 0.347. The number of carbonyl (C=O) groups is 1. The van der Waals surface area contributed by atoms with Gasteiger partial charge in [-0.15, -0.1) is 0 Å². The molecular weight excluding hydrogens is 471 g/mol. The van der Waals surface area contributed by atoms with E-state index in [9.17, 15) is 9.18 Å². The highest BCUT2D eigenvalue weighted by Crippen LogP contribution is 2.48. The van der Waals surface area contributed by atoms with Crippen LogP contribution in [-0.2, 0) is 0 Å². The minimum absolute atomic E-state index is 0.0210. The van der Waals surface area contributed by atoms with Gasteiger partial charge in [0.15, 0.2) is 5.78 Å². The van der Waals surface area contributed by atoms with Crippen molar-refractivity contribution in [3.05, 3.63) is 95.7 Å². The second kappa shape index (κ2) is 10.5. The SMILES string of the molecule is CC1C=CC(SN2CCC3=CC(=Nc4ccc(F)cc4)C(=CN)CC3(C(=O)c3ccccn3)C2)CC1. The van der Waals surface area contributed by atoms with E-state index in [4.69, 9.17) is 10.7 Å². The van der Waals surface area contributed by atoms with Crippen LogP contribution in [0.15, 0.2) is 89.2 Å². The number of aromatic nitrogens is 1. The summed E-state index contributed by atoms with van der Waals surface area (Å²) in [7, 11) is 0. The van der Waals surface area contributed by atoms with E-state index in [1.807, 2.05) is 30.2 Å². The number of ketones is 1. The summed E-state index contributed by atoms with van der Waals surface area (Å²) < 4.78 is 15.8. The van der Waals surface area contributed by atoms with Crippen LogP contribution in [-0.4, -0.2) is 39.1 Å². The fourth-order valence-electron chi connectivity index (χ4n) is 5.26. The van der Waals surface area contributed by atoms with Crippen molar-refractivity contribution in [3.63, 3.8) is 0 Å². The second-order valence-electron chi connectivity index (χ2n) is 9.83. The van der Waals surface area contributed by atoms with E-state index >= 15 is 0 Å². The highest BCUT2D eigenvalue weighted by molar-refractivity contribution is 7.97. The third-order valence-corrected chi connectivity index (χ3v) is 8.55. The Morgan fingerprint density at radius 2 is 2.06 bits per heavy atom. The van der Waals surface area contributed by atoms with E-state index in [0.29, 0.717) is 35.5 Å². The van der Waals surface area contributed by atoms with Crippen LogP contribution in [0.1, 0.15) is 43.1 Å². The molecule has 5 rings (SSSR count). The Morgan fingerprint density at radius 1 is 1.22 bits per heavy atom. The molecule has 0 amide bonds. The lowest BCUT2D eigenvalue weighted by Crippen LogP contribution is -2.50. The van der Waals surface area contributed by atoms with Gasteiger partial charge in [-0.1, -0.05) is 42.7 Å². The third-order valence-electron chi connectivity index (χ3n) is 7.28. The molecule has 0 bridgehead atoms. The van der Waals surface area contributed by atoms with Crippen molar-refractivity contribution in [3.8, 4) is 0 Å². The van der Waals surface area contributed by atoms with Crippen molar-refractivity contribution in [2.24, 2.45) is 22.1 Å². The Hall–Kier alpha value is -3.03. The Bertz CT molecular complexity index is 1240. The monoisotopic (exact) mass is 502 g/mol. The molecule has 3 aliphatic rings. The number of carbonyl (C=O) groups excluding carboxylic acids is 1. The molecule has 2 N–H and O–H groups in total. The van der Waals surface area contributed by atoms with Crippen LogP contribution in [0.25, 0.3) is 0 Å². The summed E-state index contributed by atoms with van der Waals surface area (Å²) in [6.07, 6.45) is 13.4. The predicted molar refractivity (Wildman–Crippen MR) is 145 cm³/mol. The van der Waals surface area contributed by atoms with Gasteiger partial charge in [-0.05, 0) is 85.8 Å². The Morgan fingerprint density at radius 3 is 2.75 bits per heavy atom. The maximum absolute atomic E-state index is 14.1. The van der Waals surface area contributed by atoms with E-state index in [1.165, 1.54) is 18.6 Å². The first-order valence-corrected chi connectivity index (χ1v) is 13.3. The Labute approximate surface area is 216 Å². The molecule has 2 aliphatic carbocycles. The topological polar surface area (TPSA) is 71.6 Å². The summed E-state index contributed by atoms with van der Waals surface area (Å²) in [5.41, 5.74) is 9.07. The average Bonchev–Trinajstić information content (AvgIpc) is 2.91. The van der Waals surface area contributed by atoms with Crippen LogP contribution in [0.4, 0.5) is 10.1 Å². The van der Waals surface area contributed by atoms with Crippen LogP contribution >= 0.6 is 11.9 Å². The fraction of sp³-hybridized carbons (Fsp3) is 0.345. The number of pyridine rings is 1. The van der Waals surface area contributed by atoms with E-state index in [2.05, 4.69) is 28.4 Å². The van der Waals surface area contributed by atoms with E-state index < -0.39 is 5.41 Å². The maximum atomic E-state index is 14.1. The molecular formula is C29H31FN4OS. The van der Waals surface area contributed by atoms with Crippen molar-refractivity contribution in [1.29, 1.82) is 0 Å². The molecule has 1 aromatic carbocycles. The lowest BCUT2D eigenvalue weighted by molar-refractivity contribution is 0.0776. The van der Waals surface area contributed by atoms with Crippen molar-refractivity contribution in [2.75, 3.05) is 13.1 Å². The van der Waals surface area contributed by atoms with Gasteiger partial charge in [0.25, 0.3) is 0 Å². The zero-order valence-corrected chi connectivity index (χ0v) is 21.3. The maximum Gasteiger partial charge on any atom is 0.192 e. The Kier molecular flexibility index (Phi) is 7.21. The molecule has 2 aromatic rings. The van der Waals surface area contributed by atoms with Crippen molar-refractivity contribution in [2.45, 2.75) is 37.9 Å². The number of hydrogen-bond donors (Lipinski definition) is 1. The number of hydrogen-bond acceptors (Lipinski definition) is 6. The quantitative estimate of drug-likeness (QED) is 0.306. The van der Waals surface area contributed by atoms with Crippen LogP contribution in [0, 0.1) is 17.2 Å². The summed E-state index contributed by atoms with van der Waals surface area (Å²) in [4.78, 5) is 23.3. The summed E-state index contributed by atoms with van der Waals surface area (Å²) in [6.45, 7) is 3.71. The van der Waals surface area contributed by atoms with Crippen LogP contribution in [0.3, 0.4) is 0 Å². The normalized spacial score (nSPS) is 28.7. The molecule has 1 saturated heterocycles. The van der Waals surface area contributed by atoms with Gasteiger partial charge in [-0.3, -0.25) is 9.78 Å². The number of nitrogens with two attached hydrogens (primary N) is 1. The van der Waals surface area contributed by atoms with Gasteiger partial charge in [-0.2, -0.15) is 0 Å². The lowest BCUT2D eigenvalue weighted by Gasteiger charge is -2.46. The van der Waals surface area contributed by atoms with Gasteiger partial charge in [-0.25, -0.2) is 13.7 Å². The van der Waals surface area contributed by atoms with Gasteiger partial charge in [0.2, 0.25) is 0 Å². The number of piperidine rings is 1. The van der Waals surface area contributed by atoms with E-state index in [0.717, 1.165) is 36.2 Å². The van der Waals surface area contributed by atoms with E-state index in [-0.39, 0.29) is 11.6 Å². The number of Topliss-reactive ketones (excluding diaryl/α,β-unsaturated/α-hetero) is 1. The second-order valence-corrected chi connectivity index (χ2v) is 11.2. The minimum Gasteiger partial charge on any atom is -0.404 e. The molecule has 186 valence electrons. The summed E-state index contributed by atoms with van der Waals surface area (Å²) in [5, 5.41) is 0.428. The summed E-state index contributed by atoms with van der Waals surface area (Å²) >= 11 is 1.85. The highest BCUT2D eigenvalue weighted by Gasteiger charge is 2.49. The van der Waals surface area contributed by atoms with Crippen LogP contribution in [0.5, 0.6) is 0 Å². The smallest absolute Gasteiger partial charge is 0.192 e. The molecule has 5 nitrogen and oxygen atoms in total. The molecule has 1 fully saturated rings. The molecule has 36 heavy (non-hydrogen) atoms. The minimum atomic E-state index is -0.752. The molecule has 0 radical (unpaired) electrons. The van der Waals surface area contributed by atoms with Gasteiger partial charge in [0.05, 0.1) is 16.8 Å². The number of fused-ring (bicyclic) bond motifs is 1. The van der Waals surface area contributed by atoms with Crippen LogP contribution in [0.2, 0.25) is 0 Å². The van der Waals surface area contributed by atoms with Crippen molar-refractivity contribution < 1.29 is 9.18 Å². The molecule has 1 aromatic heterocycles. The van der Waals surface area contributed by atoms with Gasteiger partial charge < -0.3 is 5.73 Å². The van der Waals surface area contributed by atoms with Crippen molar-refractivity contribution in [1.82, 2.24) is 9.29 Å². The standard InChI is InChI=1S/C29H31FN4OS/c1-20-5-11-25(12-6-20)36-34-15-13-22-16-27(33-24-9-7-23(30)8-10-24)21(18-31)17-29(22,19-34)28(35)26-4-2-3-14-32-26/h2-5,7-11,14,16,18,20,25H,6,12-13,15,17,19,31H2,1H3. The lowest BCUT2D eigenvalue weighted by atomic mass is 9.64. The van der Waals surface area contributed by atoms with Gasteiger partial charge >= 0.3 is 0 Å². The number of benzene rings is 1. The molecule has 2 heterocycles.